The average Bonchev–Trinajstić information content (AvgIpc) is 3.07. The summed E-state index contributed by atoms with van der Waals surface area (Å²) in [6.45, 7) is 0.160. The lowest BCUT2D eigenvalue weighted by Gasteiger charge is -2.26. The number of methoxy groups -OCH3 is 1. The quantitative estimate of drug-likeness (QED) is 0.516. The molecule has 1 aliphatic heterocycles. The minimum atomic E-state index is -1.27. The first-order chi connectivity index (χ1) is 14.9. The van der Waals surface area contributed by atoms with Crippen LogP contribution >= 0.6 is 0 Å². The average molecular weight is 422 g/mol. The Labute approximate surface area is 179 Å². The first-order valence-electron chi connectivity index (χ1n) is 9.67. The Morgan fingerprint density at radius 1 is 1.10 bits per heavy atom. The Hall–Kier alpha value is -3.94. The molecule has 0 saturated carbocycles. The van der Waals surface area contributed by atoms with Gasteiger partial charge in [-0.05, 0) is 36.2 Å². The number of amides is 3. The van der Waals surface area contributed by atoms with Crippen LogP contribution in [-0.4, -0.2) is 53.4 Å². The van der Waals surface area contributed by atoms with Gasteiger partial charge in [-0.2, -0.15) is 0 Å². The zero-order chi connectivity index (χ0) is 22.4. The molecule has 2 aromatic carbocycles. The van der Waals surface area contributed by atoms with Gasteiger partial charge in [-0.25, -0.2) is 9.69 Å². The Balaban J connectivity index is 1.84. The van der Waals surface area contributed by atoms with E-state index in [9.17, 15) is 19.2 Å². The molecule has 0 unspecified atom stereocenters. The fraction of sp³-hybridized carbons (Fsp3) is 0.217. The van der Waals surface area contributed by atoms with Crippen molar-refractivity contribution in [1.29, 1.82) is 0 Å². The molecule has 1 fully saturated rings. The highest BCUT2D eigenvalue weighted by atomic mass is 16.5. The molecule has 1 heterocycles. The third-order valence-corrected chi connectivity index (χ3v) is 4.97. The summed E-state index contributed by atoms with van der Waals surface area (Å²) >= 11 is 0. The van der Waals surface area contributed by atoms with E-state index in [-0.39, 0.29) is 13.0 Å². The molecule has 0 aromatic heterocycles. The summed E-state index contributed by atoms with van der Waals surface area (Å²) in [4.78, 5) is 51.6. The van der Waals surface area contributed by atoms with Crippen LogP contribution in [0.4, 0.5) is 5.69 Å². The zero-order valence-corrected chi connectivity index (χ0v) is 16.9. The summed E-state index contributed by atoms with van der Waals surface area (Å²) in [5.41, 5.74) is 1.33. The van der Waals surface area contributed by atoms with Crippen molar-refractivity contribution in [2.45, 2.75) is 18.9 Å². The van der Waals surface area contributed by atoms with E-state index in [0.717, 1.165) is 22.6 Å². The number of imide groups is 1. The van der Waals surface area contributed by atoms with Gasteiger partial charge < -0.3 is 14.7 Å². The summed E-state index contributed by atoms with van der Waals surface area (Å²) in [5.74, 6) is -2.29. The van der Waals surface area contributed by atoms with E-state index >= 15 is 0 Å². The van der Waals surface area contributed by atoms with Gasteiger partial charge in [0.2, 0.25) is 11.8 Å². The molecule has 0 aliphatic carbocycles. The van der Waals surface area contributed by atoms with Gasteiger partial charge in [-0.15, -0.1) is 0 Å². The lowest BCUT2D eigenvalue weighted by molar-refractivity contribution is -0.135. The van der Waals surface area contributed by atoms with Crippen LogP contribution in [0, 0.1) is 0 Å². The number of nitrogens with zero attached hydrogens (tertiary/aromatic N) is 2. The molecule has 1 saturated heterocycles. The van der Waals surface area contributed by atoms with E-state index in [0.29, 0.717) is 17.9 Å². The molecule has 1 aliphatic rings. The van der Waals surface area contributed by atoms with Crippen LogP contribution in [0.1, 0.15) is 12.0 Å². The van der Waals surface area contributed by atoms with Crippen molar-refractivity contribution >= 4 is 29.4 Å². The molecule has 1 N–H and O–H groups in total. The normalized spacial score (nSPS) is 16.0. The van der Waals surface area contributed by atoms with Gasteiger partial charge >= 0.3 is 5.97 Å². The van der Waals surface area contributed by atoms with E-state index in [2.05, 4.69) is 0 Å². The molecule has 3 rings (SSSR count). The van der Waals surface area contributed by atoms with Gasteiger partial charge in [0.05, 0.1) is 19.2 Å². The van der Waals surface area contributed by atoms with Crippen LogP contribution in [0.3, 0.4) is 0 Å². The van der Waals surface area contributed by atoms with Gasteiger partial charge in [0.15, 0.2) is 0 Å². The van der Waals surface area contributed by atoms with E-state index in [1.165, 1.54) is 12.0 Å². The SMILES string of the molecule is COc1ccc(N2C(=O)C[C@@H](N(CCc3ccccc3)C(=O)/C=C\C(=O)O)C2=O)cc1. The summed E-state index contributed by atoms with van der Waals surface area (Å²) in [5, 5.41) is 8.85. The molecular weight excluding hydrogens is 400 g/mol. The van der Waals surface area contributed by atoms with E-state index < -0.39 is 29.7 Å². The maximum Gasteiger partial charge on any atom is 0.328 e. The second-order valence-corrected chi connectivity index (χ2v) is 6.92. The maximum absolute atomic E-state index is 13.1. The molecule has 0 spiro atoms. The fourth-order valence-electron chi connectivity index (χ4n) is 3.41. The van der Waals surface area contributed by atoms with Crippen LogP contribution in [-0.2, 0) is 25.6 Å². The number of ether oxygens (including phenoxy) is 1. The van der Waals surface area contributed by atoms with Crippen molar-refractivity contribution in [3.05, 3.63) is 72.3 Å². The molecule has 160 valence electrons. The lowest BCUT2D eigenvalue weighted by Crippen LogP contribution is -2.45. The number of hydrogen-bond acceptors (Lipinski definition) is 5. The number of carbonyl (C=O) groups excluding carboxylic acids is 3. The van der Waals surface area contributed by atoms with E-state index in [1.54, 1.807) is 24.3 Å². The summed E-state index contributed by atoms with van der Waals surface area (Å²) < 4.78 is 5.10. The largest absolute Gasteiger partial charge is 0.497 e. The van der Waals surface area contributed by atoms with Crippen LogP contribution in [0.25, 0.3) is 0 Å². The van der Waals surface area contributed by atoms with Crippen molar-refractivity contribution in [3.8, 4) is 5.75 Å². The maximum atomic E-state index is 13.1. The number of carboxylic acid groups (broad SMARTS) is 1. The third kappa shape index (κ3) is 5.16. The molecule has 8 heteroatoms. The minimum absolute atomic E-state index is 0.160. The van der Waals surface area contributed by atoms with Crippen LogP contribution in [0.15, 0.2) is 66.7 Å². The number of hydrogen-bond donors (Lipinski definition) is 1. The minimum Gasteiger partial charge on any atom is -0.497 e. The smallest absolute Gasteiger partial charge is 0.328 e. The third-order valence-electron chi connectivity index (χ3n) is 4.97. The Morgan fingerprint density at radius 3 is 2.39 bits per heavy atom. The van der Waals surface area contributed by atoms with Gasteiger partial charge in [0.1, 0.15) is 11.8 Å². The Bertz CT molecular complexity index is 1000. The van der Waals surface area contributed by atoms with Crippen molar-refractivity contribution in [2.75, 3.05) is 18.6 Å². The molecule has 31 heavy (non-hydrogen) atoms. The van der Waals surface area contributed by atoms with Gasteiger partial charge in [-0.3, -0.25) is 14.4 Å². The van der Waals surface area contributed by atoms with Crippen LogP contribution in [0.2, 0.25) is 0 Å². The number of carbonyl (C=O) groups is 4. The van der Waals surface area contributed by atoms with E-state index in [1.807, 2.05) is 30.3 Å². The predicted molar refractivity (Wildman–Crippen MR) is 113 cm³/mol. The molecule has 8 nitrogen and oxygen atoms in total. The molecular formula is C23H22N2O6. The Kier molecular flexibility index (Phi) is 6.81. The molecule has 2 aromatic rings. The zero-order valence-electron chi connectivity index (χ0n) is 16.9. The fourth-order valence-corrected chi connectivity index (χ4v) is 3.41. The number of benzene rings is 2. The van der Waals surface area contributed by atoms with Gasteiger partial charge in [0, 0.05) is 18.7 Å². The van der Waals surface area contributed by atoms with E-state index in [4.69, 9.17) is 9.84 Å². The molecule has 0 bridgehead atoms. The number of anilines is 1. The highest BCUT2D eigenvalue weighted by molar-refractivity contribution is 6.23. The highest BCUT2D eigenvalue weighted by Crippen LogP contribution is 2.27. The topological polar surface area (TPSA) is 104 Å². The lowest BCUT2D eigenvalue weighted by atomic mass is 10.1. The van der Waals surface area contributed by atoms with Crippen molar-refractivity contribution in [1.82, 2.24) is 4.90 Å². The standard InChI is InChI=1S/C23H22N2O6/c1-31-18-9-7-17(8-10-18)25-21(27)15-19(23(25)30)24(20(26)11-12-22(28)29)14-13-16-5-3-2-4-6-16/h2-12,19H,13-15H2,1H3,(H,28,29)/b12-11-/t19-/m1/s1. The first-order valence-corrected chi connectivity index (χ1v) is 9.67. The summed E-state index contributed by atoms with van der Waals surface area (Å²) in [7, 11) is 1.51. The van der Waals surface area contributed by atoms with Crippen molar-refractivity contribution < 1.29 is 29.0 Å². The number of aliphatic carboxylic acids is 1. The number of rotatable bonds is 8. The van der Waals surface area contributed by atoms with Gasteiger partial charge in [0.25, 0.3) is 5.91 Å². The van der Waals surface area contributed by atoms with Gasteiger partial charge in [-0.1, -0.05) is 30.3 Å². The Morgan fingerprint density at radius 2 is 1.77 bits per heavy atom. The van der Waals surface area contributed by atoms with Crippen LogP contribution in [0.5, 0.6) is 5.75 Å². The predicted octanol–water partition coefficient (Wildman–Crippen LogP) is 2.04. The van der Waals surface area contributed by atoms with Crippen molar-refractivity contribution in [3.63, 3.8) is 0 Å². The monoisotopic (exact) mass is 422 g/mol. The summed E-state index contributed by atoms with van der Waals surface area (Å²) in [6.07, 6.45) is 1.90. The second-order valence-electron chi connectivity index (χ2n) is 6.92. The highest BCUT2D eigenvalue weighted by Gasteiger charge is 2.43. The van der Waals surface area contributed by atoms with Crippen molar-refractivity contribution in [2.24, 2.45) is 0 Å². The molecule has 3 amide bonds. The first kappa shape index (κ1) is 21.8. The second kappa shape index (κ2) is 9.71. The number of carboxylic acids is 1. The molecule has 1 atom stereocenters. The van der Waals surface area contributed by atoms with Crippen LogP contribution < -0.4 is 9.64 Å². The summed E-state index contributed by atoms with van der Waals surface area (Å²) in [6, 6.07) is 14.8. The molecule has 0 radical (unpaired) electrons.